The van der Waals surface area contributed by atoms with E-state index in [1.165, 1.54) is 12.3 Å². The molecule has 2 heterocycles. The number of rotatable bonds is 6. The van der Waals surface area contributed by atoms with Crippen LogP contribution >= 0.6 is 23.8 Å². The van der Waals surface area contributed by atoms with E-state index in [4.69, 9.17) is 33.0 Å². The summed E-state index contributed by atoms with van der Waals surface area (Å²) < 4.78 is 11.1. The van der Waals surface area contributed by atoms with Gasteiger partial charge in [0.1, 0.15) is 11.5 Å². The average Bonchev–Trinajstić information content (AvgIpc) is 3.32. The first-order valence-corrected chi connectivity index (χ1v) is 9.04. The van der Waals surface area contributed by atoms with Crippen LogP contribution in [-0.4, -0.2) is 35.5 Å². The quantitative estimate of drug-likeness (QED) is 0.326. The van der Waals surface area contributed by atoms with Crippen molar-refractivity contribution < 1.29 is 14.1 Å². The molecular formula is C17H17ClN4O4S. The first kappa shape index (κ1) is 19.3. The Bertz CT molecular complexity index is 864. The van der Waals surface area contributed by atoms with Crippen molar-refractivity contribution in [3.05, 3.63) is 51.2 Å². The Hall–Kier alpha value is -2.49. The number of furan rings is 1. The van der Waals surface area contributed by atoms with Crippen molar-refractivity contribution in [2.24, 2.45) is 5.10 Å². The second-order valence-electron chi connectivity index (χ2n) is 5.84. The highest BCUT2D eigenvalue weighted by atomic mass is 35.5. The number of nitro benzene ring substituents is 1. The molecule has 10 heteroatoms. The topological polar surface area (TPSA) is 102 Å². The van der Waals surface area contributed by atoms with Crippen LogP contribution in [0.5, 0.6) is 0 Å². The summed E-state index contributed by atoms with van der Waals surface area (Å²) in [7, 11) is 0. The van der Waals surface area contributed by atoms with Crippen molar-refractivity contribution >= 4 is 40.8 Å². The Morgan fingerprint density at radius 1 is 1.44 bits per heavy atom. The van der Waals surface area contributed by atoms with E-state index in [2.05, 4.69) is 15.8 Å². The van der Waals surface area contributed by atoms with E-state index in [0.717, 1.165) is 19.4 Å². The van der Waals surface area contributed by atoms with Gasteiger partial charge in [-0.3, -0.25) is 15.5 Å². The van der Waals surface area contributed by atoms with Gasteiger partial charge in [-0.25, -0.2) is 0 Å². The predicted molar refractivity (Wildman–Crippen MR) is 106 cm³/mol. The Balaban J connectivity index is 1.58. The molecule has 1 saturated heterocycles. The van der Waals surface area contributed by atoms with Crippen LogP contribution in [0.2, 0.25) is 5.02 Å². The van der Waals surface area contributed by atoms with Crippen LogP contribution in [0, 0.1) is 10.1 Å². The van der Waals surface area contributed by atoms with Gasteiger partial charge in [-0.2, -0.15) is 5.10 Å². The van der Waals surface area contributed by atoms with E-state index in [1.54, 1.807) is 24.3 Å². The summed E-state index contributed by atoms with van der Waals surface area (Å²) in [5, 5.41) is 18.9. The third-order valence-electron chi connectivity index (χ3n) is 3.92. The average molecular weight is 409 g/mol. The SMILES string of the molecule is O=[N+]([O-])c1cc(Cl)ccc1-c1ccc(/C=N\NC(=S)NC[C@@H]2CCCO2)o1. The van der Waals surface area contributed by atoms with Gasteiger partial charge < -0.3 is 14.5 Å². The highest BCUT2D eigenvalue weighted by Gasteiger charge is 2.18. The number of hydrogen-bond donors (Lipinski definition) is 2. The molecule has 1 aliphatic heterocycles. The number of nitro groups is 1. The fraction of sp³-hybridized carbons (Fsp3) is 0.294. The van der Waals surface area contributed by atoms with Crippen molar-refractivity contribution in [1.29, 1.82) is 0 Å². The molecule has 8 nitrogen and oxygen atoms in total. The lowest BCUT2D eigenvalue weighted by atomic mass is 10.1. The molecule has 0 bridgehead atoms. The van der Waals surface area contributed by atoms with Gasteiger partial charge in [-0.1, -0.05) is 11.6 Å². The standard InChI is InChI=1S/C17H17ClN4O4S/c18-11-3-5-14(15(8-11)22(23)24)16-6-4-13(26-16)10-20-21-17(27)19-9-12-2-1-7-25-12/h3-6,8,10,12H,1-2,7,9H2,(H2,19,21,27)/b20-10-/t12-/m0/s1. The van der Waals surface area contributed by atoms with Gasteiger partial charge in [0.25, 0.3) is 5.69 Å². The molecular weight excluding hydrogens is 392 g/mol. The van der Waals surface area contributed by atoms with Crippen LogP contribution in [0.25, 0.3) is 11.3 Å². The van der Waals surface area contributed by atoms with Crippen LogP contribution < -0.4 is 10.7 Å². The number of thiocarbonyl (C=S) groups is 1. The Labute approximate surface area is 165 Å². The molecule has 27 heavy (non-hydrogen) atoms. The minimum atomic E-state index is -0.503. The molecule has 1 aromatic carbocycles. The number of nitrogens with one attached hydrogen (secondary N) is 2. The first-order chi connectivity index (χ1) is 13.0. The minimum absolute atomic E-state index is 0.127. The molecule has 0 aliphatic carbocycles. The van der Waals surface area contributed by atoms with E-state index < -0.39 is 4.92 Å². The highest BCUT2D eigenvalue weighted by Crippen LogP contribution is 2.33. The number of ether oxygens (including phenoxy) is 1. The summed E-state index contributed by atoms with van der Waals surface area (Å²) in [6.07, 6.45) is 3.70. The number of nitrogens with zero attached hydrogens (tertiary/aromatic N) is 2. The third-order valence-corrected chi connectivity index (χ3v) is 4.39. The second kappa shape index (κ2) is 8.94. The van der Waals surface area contributed by atoms with E-state index in [0.29, 0.717) is 28.7 Å². The summed E-state index contributed by atoms with van der Waals surface area (Å²) in [4.78, 5) is 10.7. The summed E-state index contributed by atoms with van der Waals surface area (Å²) in [5.74, 6) is 0.766. The van der Waals surface area contributed by atoms with Crippen molar-refractivity contribution in [2.75, 3.05) is 13.2 Å². The van der Waals surface area contributed by atoms with Gasteiger partial charge in [-0.05, 0) is 49.3 Å². The maximum absolute atomic E-state index is 11.2. The summed E-state index contributed by atoms with van der Waals surface area (Å²) in [5.41, 5.74) is 2.90. The number of halogens is 1. The molecule has 0 spiro atoms. The third kappa shape index (κ3) is 5.25. The summed E-state index contributed by atoms with van der Waals surface area (Å²) in [6, 6.07) is 7.68. The Morgan fingerprint density at radius 2 is 2.30 bits per heavy atom. The van der Waals surface area contributed by atoms with Gasteiger partial charge in [0, 0.05) is 24.2 Å². The lowest BCUT2D eigenvalue weighted by Gasteiger charge is -2.11. The predicted octanol–water partition coefficient (Wildman–Crippen LogP) is 3.49. The van der Waals surface area contributed by atoms with Gasteiger partial charge in [-0.15, -0.1) is 0 Å². The zero-order chi connectivity index (χ0) is 19.2. The smallest absolute Gasteiger partial charge is 0.281 e. The molecule has 0 radical (unpaired) electrons. The molecule has 1 fully saturated rings. The number of hydrogen-bond acceptors (Lipinski definition) is 6. The monoisotopic (exact) mass is 408 g/mol. The van der Waals surface area contributed by atoms with Gasteiger partial charge in [0.15, 0.2) is 5.11 Å². The Morgan fingerprint density at radius 3 is 3.04 bits per heavy atom. The summed E-state index contributed by atoms with van der Waals surface area (Å²) >= 11 is 11.0. The van der Waals surface area contributed by atoms with Crippen LogP contribution in [0.4, 0.5) is 5.69 Å². The fourth-order valence-electron chi connectivity index (χ4n) is 2.64. The van der Waals surface area contributed by atoms with Crippen LogP contribution in [0.1, 0.15) is 18.6 Å². The largest absolute Gasteiger partial charge is 0.455 e. The van der Waals surface area contributed by atoms with Crippen LogP contribution in [0.3, 0.4) is 0 Å². The van der Waals surface area contributed by atoms with E-state index in [1.807, 2.05) is 0 Å². The van der Waals surface area contributed by atoms with Crippen molar-refractivity contribution in [2.45, 2.75) is 18.9 Å². The van der Waals surface area contributed by atoms with E-state index in [9.17, 15) is 10.1 Å². The first-order valence-electron chi connectivity index (χ1n) is 8.25. The zero-order valence-corrected chi connectivity index (χ0v) is 15.8. The lowest BCUT2D eigenvalue weighted by Crippen LogP contribution is -2.37. The molecule has 1 aromatic heterocycles. The van der Waals surface area contributed by atoms with E-state index in [-0.39, 0.29) is 16.8 Å². The Kier molecular flexibility index (Phi) is 6.38. The van der Waals surface area contributed by atoms with Gasteiger partial charge in [0.2, 0.25) is 0 Å². The summed E-state index contributed by atoms with van der Waals surface area (Å²) in [6.45, 7) is 1.42. The molecule has 2 N–H and O–H groups in total. The molecule has 142 valence electrons. The molecule has 0 saturated carbocycles. The minimum Gasteiger partial charge on any atom is -0.455 e. The molecule has 0 amide bonds. The highest BCUT2D eigenvalue weighted by molar-refractivity contribution is 7.80. The maximum atomic E-state index is 11.2. The second-order valence-corrected chi connectivity index (χ2v) is 6.68. The van der Waals surface area contributed by atoms with Gasteiger partial charge >= 0.3 is 0 Å². The molecule has 1 atom stereocenters. The maximum Gasteiger partial charge on any atom is 0.281 e. The van der Waals surface area contributed by atoms with Crippen molar-refractivity contribution in [1.82, 2.24) is 10.7 Å². The molecule has 3 rings (SSSR count). The molecule has 0 unspecified atom stereocenters. The van der Waals surface area contributed by atoms with Crippen LogP contribution in [-0.2, 0) is 4.74 Å². The molecule has 2 aromatic rings. The number of benzene rings is 1. The van der Waals surface area contributed by atoms with Crippen LogP contribution in [0.15, 0.2) is 39.9 Å². The molecule has 1 aliphatic rings. The normalized spacial score (nSPS) is 16.6. The number of hydrazone groups is 1. The van der Waals surface area contributed by atoms with E-state index >= 15 is 0 Å². The fourth-order valence-corrected chi connectivity index (χ4v) is 2.94. The zero-order valence-electron chi connectivity index (χ0n) is 14.2. The van der Waals surface area contributed by atoms with Crippen molar-refractivity contribution in [3.63, 3.8) is 0 Å². The lowest BCUT2D eigenvalue weighted by molar-refractivity contribution is -0.384. The van der Waals surface area contributed by atoms with Gasteiger partial charge in [0.05, 0.1) is 22.8 Å². The van der Waals surface area contributed by atoms with Crippen molar-refractivity contribution in [3.8, 4) is 11.3 Å².